The second-order valence-electron chi connectivity index (χ2n) is 6.12. The Balaban J connectivity index is 1.59. The van der Waals surface area contributed by atoms with Crippen LogP contribution in [0.2, 0.25) is 0 Å². The smallest absolute Gasteiger partial charge is 0.269 e. The quantitative estimate of drug-likeness (QED) is 0.378. The van der Waals surface area contributed by atoms with E-state index in [1.807, 2.05) is 0 Å². The molecule has 1 heterocycles. The number of hydrazine groups is 1. The number of rotatable bonds is 5. The molecule has 0 saturated heterocycles. The van der Waals surface area contributed by atoms with E-state index in [9.17, 15) is 14.4 Å². The first-order valence-corrected chi connectivity index (χ1v) is 8.88. The summed E-state index contributed by atoms with van der Waals surface area (Å²) in [6.45, 7) is 0. The fourth-order valence-corrected chi connectivity index (χ4v) is 2.48. The highest BCUT2D eigenvalue weighted by Crippen LogP contribution is 2.22. The summed E-state index contributed by atoms with van der Waals surface area (Å²) in [4.78, 5) is 39.9. The number of carbonyl (C=O) groups is 3. The molecule has 3 aromatic rings. The van der Waals surface area contributed by atoms with E-state index in [1.54, 1.807) is 36.4 Å². The van der Waals surface area contributed by atoms with Gasteiger partial charge in [0.15, 0.2) is 0 Å². The fourth-order valence-electron chi connectivity index (χ4n) is 2.48. The third-order valence-corrected chi connectivity index (χ3v) is 3.98. The van der Waals surface area contributed by atoms with E-state index >= 15 is 0 Å². The van der Waals surface area contributed by atoms with Crippen molar-refractivity contribution >= 4 is 23.4 Å². The minimum Gasteiger partial charge on any atom is -0.457 e. The van der Waals surface area contributed by atoms with Gasteiger partial charge in [0.05, 0.1) is 0 Å². The summed E-state index contributed by atoms with van der Waals surface area (Å²) >= 11 is 0. The number of benzene rings is 2. The summed E-state index contributed by atoms with van der Waals surface area (Å²) < 4.78 is 5.68. The molecule has 0 bridgehead atoms. The molecule has 3 rings (SSSR count). The first-order valence-electron chi connectivity index (χ1n) is 8.88. The molecule has 5 N–H and O–H groups in total. The molecule has 0 unspecified atom stereocenters. The van der Waals surface area contributed by atoms with E-state index < -0.39 is 11.8 Å². The number of ether oxygens (including phenoxy) is 1. The molecule has 0 radical (unpaired) electrons. The number of aromatic nitrogens is 1. The Kier molecular flexibility index (Phi) is 6.23. The monoisotopic (exact) mass is 405 g/mol. The van der Waals surface area contributed by atoms with Gasteiger partial charge in [-0.3, -0.25) is 30.2 Å². The molecular weight excluding hydrogens is 386 g/mol. The van der Waals surface area contributed by atoms with Crippen molar-refractivity contribution in [2.24, 2.45) is 0 Å². The molecule has 0 saturated carbocycles. The summed E-state index contributed by atoms with van der Waals surface area (Å²) in [6.07, 6.45) is 1.46. The summed E-state index contributed by atoms with van der Waals surface area (Å²) in [7, 11) is 1.51. The lowest BCUT2D eigenvalue weighted by Gasteiger charge is -2.09. The van der Waals surface area contributed by atoms with Crippen molar-refractivity contribution < 1.29 is 19.1 Å². The average molecular weight is 405 g/mol. The summed E-state index contributed by atoms with van der Waals surface area (Å²) in [5, 5.41) is 2.49. The topological polar surface area (TPSA) is 135 Å². The van der Waals surface area contributed by atoms with E-state index in [2.05, 4.69) is 21.2 Å². The van der Waals surface area contributed by atoms with Crippen LogP contribution in [0.5, 0.6) is 11.5 Å². The first-order chi connectivity index (χ1) is 14.5. The second-order valence-corrected chi connectivity index (χ2v) is 6.12. The standard InChI is InChI=1S/C21H19N5O4/c1-23-21(29)18-12-17(9-10-24-18)30-16-7-5-13(6-8-16)19(27)25-26-20(28)14-3-2-4-15(22)11-14/h2-12H,22H2,1H3,(H,23,29)(H,25,27)(H,26,28). The van der Waals surface area contributed by atoms with Gasteiger partial charge in [0.2, 0.25) is 0 Å². The predicted molar refractivity (Wildman–Crippen MR) is 110 cm³/mol. The number of anilines is 1. The third kappa shape index (κ3) is 5.10. The largest absolute Gasteiger partial charge is 0.457 e. The molecule has 1 aromatic heterocycles. The molecule has 9 heteroatoms. The van der Waals surface area contributed by atoms with Gasteiger partial charge in [0.1, 0.15) is 17.2 Å². The number of nitrogens with zero attached hydrogens (tertiary/aromatic N) is 1. The second kappa shape index (κ2) is 9.20. The fraction of sp³-hybridized carbons (Fsp3) is 0.0476. The van der Waals surface area contributed by atoms with Gasteiger partial charge in [-0.2, -0.15) is 0 Å². The summed E-state index contributed by atoms with van der Waals surface area (Å²) in [5.74, 6) is -0.419. The van der Waals surface area contributed by atoms with Crippen molar-refractivity contribution in [2.75, 3.05) is 12.8 Å². The van der Waals surface area contributed by atoms with Gasteiger partial charge in [0, 0.05) is 36.1 Å². The number of pyridine rings is 1. The number of nitrogens with one attached hydrogen (secondary N) is 3. The maximum absolute atomic E-state index is 12.2. The highest BCUT2D eigenvalue weighted by atomic mass is 16.5. The van der Waals surface area contributed by atoms with Crippen molar-refractivity contribution in [1.29, 1.82) is 0 Å². The Bertz CT molecular complexity index is 1080. The van der Waals surface area contributed by atoms with Crippen LogP contribution in [0.3, 0.4) is 0 Å². The van der Waals surface area contributed by atoms with Gasteiger partial charge in [-0.1, -0.05) is 6.07 Å². The van der Waals surface area contributed by atoms with E-state index in [0.29, 0.717) is 28.3 Å². The Morgan fingerprint density at radius 3 is 2.20 bits per heavy atom. The lowest BCUT2D eigenvalue weighted by atomic mass is 10.2. The zero-order chi connectivity index (χ0) is 21.5. The van der Waals surface area contributed by atoms with E-state index in [-0.39, 0.29) is 11.6 Å². The normalized spacial score (nSPS) is 10.0. The van der Waals surface area contributed by atoms with Crippen LogP contribution in [0.25, 0.3) is 0 Å². The molecule has 0 fully saturated rings. The molecule has 0 spiro atoms. The maximum atomic E-state index is 12.2. The Hall–Kier alpha value is -4.40. The number of carbonyl (C=O) groups excluding carboxylic acids is 3. The van der Waals surface area contributed by atoms with Crippen molar-refractivity contribution in [1.82, 2.24) is 21.2 Å². The number of hydrogen-bond donors (Lipinski definition) is 4. The van der Waals surface area contributed by atoms with Crippen molar-refractivity contribution in [3.05, 3.63) is 83.7 Å². The van der Waals surface area contributed by atoms with Crippen LogP contribution >= 0.6 is 0 Å². The highest BCUT2D eigenvalue weighted by Gasteiger charge is 2.10. The molecule has 9 nitrogen and oxygen atoms in total. The predicted octanol–water partition coefficient (Wildman–Crippen LogP) is 1.89. The summed E-state index contributed by atoms with van der Waals surface area (Å²) in [5.41, 5.74) is 11.6. The van der Waals surface area contributed by atoms with Crippen LogP contribution in [-0.2, 0) is 0 Å². The van der Waals surface area contributed by atoms with Gasteiger partial charge >= 0.3 is 0 Å². The lowest BCUT2D eigenvalue weighted by molar-refractivity contribution is 0.0846. The lowest BCUT2D eigenvalue weighted by Crippen LogP contribution is -2.41. The van der Waals surface area contributed by atoms with Crippen molar-refractivity contribution in [2.45, 2.75) is 0 Å². The van der Waals surface area contributed by atoms with Crippen LogP contribution in [0.4, 0.5) is 5.69 Å². The SMILES string of the molecule is CNC(=O)c1cc(Oc2ccc(C(=O)NNC(=O)c3cccc(N)c3)cc2)ccn1. The average Bonchev–Trinajstić information content (AvgIpc) is 2.77. The zero-order valence-corrected chi connectivity index (χ0v) is 16.0. The van der Waals surface area contributed by atoms with Gasteiger partial charge < -0.3 is 15.8 Å². The highest BCUT2D eigenvalue weighted by molar-refractivity contribution is 5.99. The van der Waals surface area contributed by atoms with Crippen LogP contribution < -0.4 is 26.6 Å². The summed E-state index contributed by atoms with van der Waals surface area (Å²) in [6, 6.07) is 15.8. The third-order valence-electron chi connectivity index (χ3n) is 3.98. The molecule has 3 amide bonds. The molecule has 0 atom stereocenters. The van der Waals surface area contributed by atoms with Gasteiger partial charge in [-0.05, 0) is 48.5 Å². The van der Waals surface area contributed by atoms with Gasteiger partial charge in [-0.25, -0.2) is 0 Å². The van der Waals surface area contributed by atoms with Crippen LogP contribution in [0.15, 0.2) is 66.9 Å². The molecule has 0 aliphatic heterocycles. The van der Waals surface area contributed by atoms with Crippen LogP contribution in [0.1, 0.15) is 31.2 Å². The first kappa shape index (κ1) is 20.3. The molecule has 30 heavy (non-hydrogen) atoms. The Morgan fingerprint density at radius 2 is 1.53 bits per heavy atom. The molecule has 0 aliphatic carbocycles. The minimum absolute atomic E-state index is 0.224. The van der Waals surface area contributed by atoms with Crippen molar-refractivity contribution in [3.63, 3.8) is 0 Å². The number of amides is 3. The number of nitrogens with two attached hydrogens (primary N) is 1. The Morgan fingerprint density at radius 1 is 0.833 bits per heavy atom. The molecule has 0 aliphatic rings. The van der Waals surface area contributed by atoms with Crippen LogP contribution in [0, 0.1) is 0 Å². The van der Waals surface area contributed by atoms with Crippen LogP contribution in [-0.4, -0.2) is 29.8 Å². The van der Waals surface area contributed by atoms with E-state index in [1.165, 1.54) is 37.5 Å². The molecule has 152 valence electrons. The van der Waals surface area contributed by atoms with Gasteiger partial charge in [0.25, 0.3) is 17.7 Å². The van der Waals surface area contributed by atoms with E-state index in [0.717, 1.165) is 0 Å². The number of hydrogen-bond acceptors (Lipinski definition) is 6. The van der Waals surface area contributed by atoms with Crippen molar-refractivity contribution in [3.8, 4) is 11.5 Å². The maximum Gasteiger partial charge on any atom is 0.269 e. The van der Waals surface area contributed by atoms with Gasteiger partial charge in [-0.15, -0.1) is 0 Å². The zero-order valence-electron chi connectivity index (χ0n) is 16.0. The Labute approximate surface area is 172 Å². The molecular formula is C21H19N5O4. The molecule has 2 aromatic carbocycles. The number of nitrogen functional groups attached to an aromatic ring is 1. The van der Waals surface area contributed by atoms with E-state index in [4.69, 9.17) is 10.5 Å². The minimum atomic E-state index is -0.496.